The van der Waals surface area contributed by atoms with E-state index in [0.717, 1.165) is 5.56 Å². The van der Waals surface area contributed by atoms with Crippen LogP contribution in [0.4, 0.5) is 4.39 Å². The number of amides is 2. The van der Waals surface area contributed by atoms with E-state index in [-0.39, 0.29) is 12.4 Å². The first-order chi connectivity index (χ1) is 10.6. The molecule has 22 heavy (non-hydrogen) atoms. The summed E-state index contributed by atoms with van der Waals surface area (Å²) in [6.07, 6.45) is 2.14. The fourth-order valence-electron chi connectivity index (χ4n) is 1.81. The van der Waals surface area contributed by atoms with Crippen LogP contribution in [0.1, 0.15) is 11.3 Å². The summed E-state index contributed by atoms with van der Waals surface area (Å²) in [5.74, 6) is -1.70. The minimum Gasteiger partial charge on any atom is -0.348 e. The highest BCUT2D eigenvalue weighted by Crippen LogP contribution is 2.02. The number of benzene rings is 1. The van der Waals surface area contributed by atoms with Crippen molar-refractivity contribution in [2.75, 3.05) is 6.54 Å². The summed E-state index contributed by atoms with van der Waals surface area (Å²) in [4.78, 5) is 27.2. The van der Waals surface area contributed by atoms with Gasteiger partial charge in [-0.15, -0.1) is 0 Å². The van der Waals surface area contributed by atoms with Crippen LogP contribution in [0.5, 0.6) is 0 Å². The van der Waals surface area contributed by atoms with E-state index >= 15 is 0 Å². The van der Waals surface area contributed by atoms with Gasteiger partial charge >= 0.3 is 11.8 Å². The second kappa shape index (κ2) is 7.87. The lowest BCUT2D eigenvalue weighted by Gasteiger charge is -2.06. The molecule has 114 valence electrons. The van der Waals surface area contributed by atoms with Gasteiger partial charge in [0.05, 0.1) is 12.2 Å². The fraction of sp³-hybridized carbons (Fsp3) is 0.188. The summed E-state index contributed by atoms with van der Waals surface area (Å²) in [6, 6.07) is 11.3. The van der Waals surface area contributed by atoms with Gasteiger partial charge in [-0.2, -0.15) is 0 Å². The van der Waals surface area contributed by atoms with Crippen LogP contribution in [0, 0.1) is 5.82 Å². The molecule has 0 bridgehead atoms. The maximum Gasteiger partial charge on any atom is 0.309 e. The Hall–Kier alpha value is -2.76. The van der Waals surface area contributed by atoms with Gasteiger partial charge in [-0.25, -0.2) is 4.39 Å². The van der Waals surface area contributed by atoms with Gasteiger partial charge in [0.2, 0.25) is 0 Å². The maximum absolute atomic E-state index is 12.7. The molecule has 0 aliphatic carbocycles. The molecule has 0 saturated heterocycles. The number of halogens is 1. The van der Waals surface area contributed by atoms with Crippen LogP contribution < -0.4 is 10.6 Å². The summed E-state index contributed by atoms with van der Waals surface area (Å²) < 4.78 is 12.7. The Bertz CT molecular complexity index is 630. The number of pyridine rings is 1. The van der Waals surface area contributed by atoms with Gasteiger partial charge in [0.25, 0.3) is 0 Å². The number of nitrogens with one attached hydrogen (secondary N) is 2. The highest BCUT2D eigenvalue weighted by Gasteiger charge is 2.12. The van der Waals surface area contributed by atoms with Crippen LogP contribution in [-0.4, -0.2) is 23.3 Å². The predicted molar refractivity (Wildman–Crippen MR) is 79.2 cm³/mol. The number of nitrogens with zero attached hydrogens (tertiary/aromatic N) is 1. The van der Waals surface area contributed by atoms with Gasteiger partial charge in [0.15, 0.2) is 0 Å². The Morgan fingerprint density at radius 1 is 1.00 bits per heavy atom. The third-order valence-electron chi connectivity index (χ3n) is 2.97. The molecule has 1 aromatic heterocycles. The quantitative estimate of drug-likeness (QED) is 0.815. The van der Waals surface area contributed by atoms with Gasteiger partial charge in [-0.3, -0.25) is 14.6 Å². The molecule has 0 aliphatic heterocycles. The monoisotopic (exact) mass is 301 g/mol. The number of carbonyl (C=O) groups excluding carboxylic acids is 2. The highest BCUT2D eigenvalue weighted by molar-refractivity contribution is 6.35. The van der Waals surface area contributed by atoms with Crippen LogP contribution in [0.15, 0.2) is 48.7 Å². The van der Waals surface area contributed by atoms with Crippen molar-refractivity contribution in [2.45, 2.75) is 13.0 Å². The van der Waals surface area contributed by atoms with Crippen molar-refractivity contribution in [1.82, 2.24) is 15.6 Å². The Morgan fingerprint density at radius 3 is 2.41 bits per heavy atom. The number of aromatic nitrogens is 1. The largest absolute Gasteiger partial charge is 0.348 e. The number of hydrogen-bond acceptors (Lipinski definition) is 3. The molecule has 5 nitrogen and oxygen atoms in total. The SMILES string of the molecule is O=C(NCCc1ccc(F)cc1)C(=O)NCc1ccccn1. The van der Waals surface area contributed by atoms with Crippen molar-refractivity contribution in [2.24, 2.45) is 0 Å². The Kier molecular flexibility index (Phi) is 5.59. The molecule has 0 atom stereocenters. The first-order valence-electron chi connectivity index (χ1n) is 6.85. The Balaban J connectivity index is 1.70. The third kappa shape index (κ3) is 4.97. The van der Waals surface area contributed by atoms with E-state index in [1.165, 1.54) is 12.1 Å². The lowest BCUT2D eigenvalue weighted by Crippen LogP contribution is -2.40. The van der Waals surface area contributed by atoms with Gasteiger partial charge in [-0.1, -0.05) is 18.2 Å². The fourth-order valence-corrected chi connectivity index (χ4v) is 1.81. The first-order valence-corrected chi connectivity index (χ1v) is 6.85. The number of carbonyl (C=O) groups is 2. The van der Waals surface area contributed by atoms with E-state index in [1.807, 2.05) is 0 Å². The van der Waals surface area contributed by atoms with E-state index in [0.29, 0.717) is 18.7 Å². The summed E-state index contributed by atoms with van der Waals surface area (Å²) in [7, 11) is 0. The van der Waals surface area contributed by atoms with Crippen molar-refractivity contribution >= 4 is 11.8 Å². The highest BCUT2D eigenvalue weighted by atomic mass is 19.1. The second-order valence-corrected chi connectivity index (χ2v) is 4.64. The van der Waals surface area contributed by atoms with Crippen LogP contribution >= 0.6 is 0 Å². The molecule has 2 aromatic rings. The molecule has 6 heteroatoms. The maximum atomic E-state index is 12.7. The van der Waals surface area contributed by atoms with Gasteiger partial charge in [0.1, 0.15) is 5.82 Å². The summed E-state index contributed by atoms with van der Waals surface area (Å²) in [6.45, 7) is 0.506. The molecular weight excluding hydrogens is 285 g/mol. The molecule has 0 aliphatic rings. The summed E-state index contributed by atoms with van der Waals surface area (Å²) in [5.41, 5.74) is 1.56. The van der Waals surface area contributed by atoms with Crippen molar-refractivity contribution in [3.05, 3.63) is 65.7 Å². The molecular formula is C16H16FN3O2. The van der Waals surface area contributed by atoms with Crippen LogP contribution in [-0.2, 0) is 22.6 Å². The van der Waals surface area contributed by atoms with Gasteiger partial charge in [0, 0.05) is 12.7 Å². The zero-order valence-corrected chi connectivity index (χ0v) is 11.9. The number of rotatable bonds is 5. The molecule has 1 aromatic carbocycles. The Labute approximate surface area is 127 Å². The molecule has 1 heterocycles. The zero-order chi connectivity index (χ0) is 15.8. The minimum atomic E-state index is -0.704. The van der Waals surface area contributed by atoms with Crippen LogP contribution in [0.2, 0.25) is 0 Å². The van der Waals surface area contributed by atoms with Crippen molar-refractivity contribution < 1.29 is 14.0 Å². The molecule has 2 N–H and O–H groups in total. The number of hydrogen-bond donors (Lipinski definition) is 2. The molecule has 0 saturated carbocycles. The lowest BCUT2D eigenvalue weighted by atomic mass is 10.1. The van der Waals surface area contributed by atoms with Crippen LogP contribution in [0.3, 0.4) is 0 Å². The van der Waals surface area contributed by atoms with Crippen molar-refractivity contribution in [3.8, 4) is 0 Å². The normalized spacial score (nSPS) is 10.0. The lowest BCUT2D eigenvalue weighted by molar-refractivity contribution is -0.139. The van der Waals surface area contributed by atoms with E-state index < -0.39 is 11.8 Å². The average Bonchev–Trinajstić information content (AvgIpc) is 2.55. The molecule has 0 unspecified atom stereocenters. The van der Waals surface area contributed by atoms with Gasteiger partial charge in [-0.05, 0) is 36.2 Å². The standard InChI is InChI=1S/C16H16FN3O2/c17-13-6-4-12(5-7-13)8-10-19-15(21)16(22)20-11-14-3-1-2-9-18-14/h1-7,9H,8,10-11H2,(H,19,21)(H,20,22). The molecule has 2 rings (SSSR count). The van der Waals surface area contributed by atoms with E-state index in [9.17, 15) is 14.0 Å². The smallest absolute Gasteiger partial charge is 0.309 e. The van der Waals surface area contributed by atoms with Crippen LogP contribution in [0.25, 0.3) is 0 Å². The third-order valence-corrected chi connectivity index (χ3v) is 2.97. The topological polar surface area (TPSA) is 71.1 Å². The summed E-state index contributed by atoms with van der Waals surface area (Å²) in [5, 5.41) is 5.01. The Morgan fingerprint density at radius 2 is 1.73 bits per heavy atom. The molecule has 0 spiro atoms. The summed E-state index contributed by atoms with van der Waals surface area (Å²) >= 11 is 0. The van der Waals surface area contributed by atoms with E-state index in [2.05, 4.69) is 15.6 Å². The minimum absolute atomic E-state index is 0.199. The van der Waals surface area contributed by atoms with E-state index in [4.69, 9.17) is 0 Å². The van der Waals surface area contributed by atoms with Crippen molar-refractivity contribution in [3.63, 3.8) is 0 Å². The first kappa shape index (κ1) is 15.6. The van der Waals surface area contributed by atoms with Gasteiger partial charge < -0.3 is 10.6 Å². The second-order valence-electron chi connectivity index (χ2n) is 4.64. The van der Waals surface area contributed by atoms with Crippen molar-refractivity contribution in [1.29, 1.82) is 0 Å². The predicted octanol–water partition coefficient (Wildman–Crippen LogP) is 1.20. The van der Waals surface area contributed by atoms with E-state index in [1.54, 1.807) is 36.5 Å². The molecule has 0 fully saturated rings. The average molecular weight is 301 g/mol. The molecule has 0 radical (unpaired) electrons. The zero-order valence-electron chi connectivity index (χ0n) is 11.9. The molecule has 2 amide bonds.